The average Bonchev–Trinajstić information content (AvgIpc) is 2.25. The topological polar surface area (TPSA) is 71.5 Å². The van der Waals surface area contributed by atoms with Crippen molar-refractivity contribution in [3.63, 3.8) is 0 Å². The lowest BCUT2D eigenvalue weighted by atomic mass is 10.2. The van der Waals surface area contributed by atoms with Crippen molar-refractivity contribution in [1.29, 1.82) is 0 Å². The standard InChI is InChI=1S/C11H16N2O3/c1-11(2,3)16-13-10(15)8-4-5-9(7-14)12-6-8/h4-6,14H,7H2,1-3H3,(H,13,15). The van der Waals surface area contributed by atoms with E-state index in [1.165, 1.54) is 6.20 Å². The van der Waals surface area contributed by atoms with E-state index in [2.05, 4.69) is 10.5 Å². The first-order valence-electron chi connectivity index (χ1n) is 4.96. The summed E-state index contributed by atoms with van der Waals surface area (Å²) in [5.74, 6) is -0.355. The van der Waals surface area contributed by atoms with E-state index in [9.17, 15) is 4.79 Å². The van der Waals surface area contributed by atoms with Crippen molar-refractivity contribution in [3.8, 4) is 0 Å². The fourth-order valence-corrected chi connectivity index (χ4v) is 0.911. The second-order valence-corrected chi connectivity index (χ2v) is 4.34. The van der Waals surface area contributed by atoms with Gasteiger partial charge in [0.2, 0.25) is 0 Å². The Morgan fingerprint density at radius 3 is 2.62 bits per heavy atom. The van der Waals surface area contributed by atoms with E-state index in [0.29, 0.717) is 11.3 Å². The van der Waals surface area contributed by atoms with E-state index in [1.807, 2.05) is 20.8 Å². The SMILES string of the molecule is CC(C)(C)ONC(=O)c1ccc(CO)nc1. The molecule has 0 aliphatic carbocycles. The number of hydrogen-bond acceptors (Lipinski definition) is 4. The fourth-order valence-electron chi connectivity index (χ4n) is 0.911. The Morgan fingerprint density at radius 2 is 2.19 bits per heavy atom. The van der Waals surface area contributed by atoms with Gasteiger partial charge < -0.3 is 5.11 Å². The Kier molecular flexibility index (Phi) is 3.98. The van der Waals surface area contributed by atoms with Gasteiger partial charge in [0, 0.05) is 6.20 Å². The summed E-state index contributed by atoms with van der Waals surface area (Å²) in [7, 11) is 0. The van der Waals surface area contributed by atoms with Gasteiger partial charge in [-0.05, 0) is 32.9 Å². The zero-order chi connectivity index (χ0) is 12.2. The molecule has 1 aromatic rings. The summed E-state index contributed by atoms with van der Waals surface area (Å²) < 4.78 is 0. The molecule has 0 saturated carbocycles. The maximum absolute atomic E-state index is 11.6. The summed E-state index contributed by atoms with van der Waals surface area (Å²) in [5, 5.41) is 8.79. The normalized spacial score (nSPS) is 11.2. The zero-order valence-corrected chi connectivity index (χ0v) is 9.65. The maximum atomic E-state index is 11.6. The highest BCUT2D eigenvalue weighted by Crippen LogP contribution is 2.05. The molecule has 0 bridgehead atoms. The van der Waals surface area contributed by atoms with Gasteiger partial charge in [0.15, 0.2) is 0 Å². The molecule has 16 heavy (non-hydrogen) atoms. The number of nitrogens with one attached hydrogen (secondary N) is 1. The predicted octanol–water partition coefficient (Wildman–Crippen LogP) is 1.03. The first-order valence-corrected chi connectivity index (χ1v) is 4.96. The summed E-state index contributed by atoms with van der Waals surface area (Å²) in [6, 6.07) is 3.17. The number of amides is 1. The van der Waals surface area contributed by atoms with Crippen molar-refractivity contribution in [2.45, 2.75) is 33.0 Å². The number of aromatic nitrogens is 1. The van der Waals surface area contributed by atoms with Crippen LogP contribution in [-0.4, -0.2) is 21.6 Å². The summed E-state index contributed by atoms with van der Waals surface area (Å²) in [4.78, 5) is 20.6. The fraction of sp³-hybridized carbons (Fsp3) is 0.455. The molecule has 1 aromatic heterocycles. The van der Waals surface area contributed by atoms with E-state index in [4.69, 9.17) is 9.94 Å². The third-order valence-electron chi connectivity index (χ3n) is 1.70. The number of pyridine rings is 1. The molecular formula is C11H16N2O3. The minimum Gasteiger partial charge on any atom is -0.390 e. The smallest absolute Gasteiger partial charge is 0.276 e. The molecule has 5 heteroatoms. The van der Waals surface area contributed by atoms with Crippen LogP contribution in [0.5, 0.6) is 0 Å². The van der Waals surface area contributed by atoms with Gasteiger partial charge in [-0.25, -0.2) is 5.48 Å². The monoisotopic (exact) mass is 224 g/mol. The largest absolute Gasteiger partial charge is 0.390 e. The molecule has 0 unspecified atom stereocenters. The van der Waals surface area contributed by atoms with Crippen LogP contribution >= 0.6 is 0 Å². The molecule has 1 amide bonds. The van der Waals surface area contributed by atoms with Crippen molar-refractivity contribution in [2.24, 2.45) is 0 Å². The lowest BCUT2D eigenvalue weighted by Gasteiger charge is -2.18. The van der Waals surface area contributed by atoms with E-state index in [0.717, 1.165) is 0 Å². The second kappa shape index (κ2) is 5.05. The van der Waals surface area contributed by atoms with Gasteiger partial charge in [-0.15, -0.1) is 0 Å². The van der Waals surface area contributed by atoms with Crippen molar-refractivity contribution < 1.29 is 14.7 Å². The van der Waals surface area contributed by atoms with E-state index < -0.39 is 5.60 Å². The molecule has 88 valence electrons. The minimum absolute atomic E-state index is 0.139. The molecule has 0 aromatic carbocycles. The summed E-state index contributed by atoms with van der Waals surface area (Å²) in [6.07, 6.45) is 1.40. The summed E-state index contributed by atoms with van der Waals surface area (Å²) in [6.45, 7) is 5.36. The van der Waals surface area contributed by atoms with Crippen LogP contribution in [0.15, 0.2) is 18.3 Å². The number of aliphatic hydroxyl groups is 1. The third kappa shape index (κ3) is 3.96. The van der Waals surface area contributed by atoms with E-state index >= 15 is 0 Å². The van der Waals surface area contributed by atoms with Gasteiger partial charge in [-0.2, -0.15) is 0 Å². The van der Waals surface area contributed by atoms with Crippen LogP contribution in [0.4, 0.5) is 0 Å². The van der Waals surface area contributed by atoms with Crippen molar-refractivity contribution in [2.75, 3.05) is 0 Å². The zero-order valence-electron chi connectivity index (χ0n) is 9.65. The highest BCUT2D eigenvalue weighted by molar-refractivity contribution is 5.93. The van der Waals surface area contributed by atoms with Crippen LogP contribution in [0.2, 0.25) is 0 Å². The summed E-state index contributed by atoms with van der Waals surface area (Å²) >= 11 is 0. The molecule has 0 spiro atoms. The number of rotatable bonds is 3. The van der Waals surface area contributed by atoms with Crippen LogP contribution in [0.3, 0.4) is 0 Å². The number of hydrogen-bond donors (Lipinski definition) is 2. The Bertz CT molecular complexity index is 354. The molecule has 1 rings (SSSR count). The van der Waals surface area contributed by atoms with Crippen molar-refractivity contribution in [1.82, 2.24) is 10.5 Å². The Labute approximate surface area is 94.4 Å². The molecule has 5 nitrogen and oxygen atoms in total. The van der Waals surface area contributed by atoms with Crippen LogP contribution in [0.1, 0.15) is 36.8 Å². The molecular weight excluding hydrogens is 208 g/mol. The maximum Gasteiger partial charge on any atom is 0.276 e. The minimum atomic E-state index is -0.436. The Morgan fingerprint density at radius 1 is 1.50 bits per heavy atom. The van der Waals surface area contributed by atoms with Crippen molar-refractivity contribution in [3.05, 3.63) is 29.6 Å². The van der Waals surface area contributed by atoms with Gasteiger partial charge in [0.25, 0.3) is 5.91 Å². The van der Waals surface area contributed by atoms with Crippen LogP contribution in [0.25, 0.3) is 0 Å². The van der Waals surface area contributed by atoms with E-state index in [-0.39, 0.29) is 12.5 Å². The molecule has 0 fully saturated rings. The first kappa shape index (κ1) is 12.6. The molecule has 0 radical (unpaired) electrons. The molecule has 0 atom stereocenters. The number of carbonyl (C=O) groups is 1. The van der Waals surface area contributed by atoms with Gasteiger partial charge in [-0.3, -0.25) is 14.6 Å². The number of hydroxylamine groups is 1. The molecule has 0 saturated heterocycles. The summed E-state index contributed by atoms with van der Waals surface area (Å²) in [5.41, 5.74) is 2.81. The van der Waals surface area contributed by atoms with E-state index in [1.54, 1.807) is 12.1 Å². The van der Waals surface area contributed by atoms with Crippen molar-refractivity contribution >= 4 is 5.91 Å². The lowest BCUT2D eigenvalue weighted by molar-refractivity contribution is -0.0589. The predicted molar refractivity (Wildman–Crippen MR) is 58.5 cm³/mol. The highest BCUT2D eigenvalue weighted by atomic mass is 16.7. The molecule has 0 aliphatic heterocycles. The second-order valence-electron chi connectivity index (χ2n) is 4.34. The molecule has 0 aliphatic rings. The third-order valence-corrected chi connectivity index (χ3v) is 1.70. The molecule has 2 N–H and O–H groups in total. The number of nitrogens with zero attached hydrogens (tertiary/aromatic N) is 1. The molecule has 1 heterocycles. The van der Waals surface area contributed by atoms with Crippen LogP contribution < -0.4 is 5.48 Å². The quantitative estimate of drug-likeness (QED) is 0.752. The van der Waals surface area contributed by atoms with Gasteiger partial charge in [-0.1, -0.05) is 0 Å². The Hall–Kier alpha value is -1.46. The van der Waals surface area contributed by atoms with Gasteiger partial charge in [0.05, 0.1) is 23.5 Å². The van der Waals surface area contributed by atoms with Gasteiger partial charge >= 0.3 is 0 Å². The lowest BCUT2D eigenvalue weighted by Crippen LogP contribution is -2.33. The average molecular weight is 224 g/mol. The van der Waals surface area contributed by atoms with Gasteiger partial charge in [0.1, 0.15) is 0 Å². The highest BCUT2D eigenvalue weighted by Gasteiger charge is 2.13. The number of aliphatic hydroxyl groups excluding tert-OH is 1. The first-order chi connectivity index (χ1) is 7.42. The number of carbonyl (C=O) groups excluding carboxylic acids is 1. The van der Waals surface area contributed by atoms with Crippen LogP contribution in [-0.2, 0) is 11.4 Å². The Balaban J connectivity index is 2.59. The van der Waals surface area contributed by atoms with Crippen LogP contribution in [0, 0.1) is 0 Å².